The molecule has 210 valence electrons. The van der Waals surface area contributed by atoms with E-state index in [-0.39, 0.29) is 25.2 Å². The van der Waals surface area contributed by atoms with Crippen LogP contribution in [-0.2, 0) is 38.1 Å². The van der Waals surface area contributed by atoms with Crippen molar-refractivity contribution in [3.05, 3.63) is 24.3 Å². The number of nitrogens with zero attached hydrogens (tertiary/aromatic N) is 2. The number of carbonyl (C=O) groups is 6. The normalized spacial score (nSPS) is 13.3. The van der Waals surface area contributed by atoms with E-state index in [1.807, 2.05) is 0 Å². The van der Waals surface area contributed by atoms with Gasteiger partial charge in [0.05, 0.1) is 27.6 Å². The predicted octanol–water partition coefficient (Wildman–Crippen LogP) is -0.581. The van der Waals surface area contributed by atoms with Crippen molar-refractivity contribution in [3.8, 4) is 0 Å². The number of aliphatic hydroxyl groups excluding tert-OH is 1. The summed E-state index contributed by atoms with van der Waals surface area (Å²) >= 11 is 0. The molecule has 0 fully saturated rings. The maximum Gasteiger partial charge on any atom is 0.423 e. The molecule has 2 aliphatic rings. The van der Waals surface area contributed by atoms with Crippen LogP contribution in [0.1, 0.15) is 25.7 Å². The molecule has 5 N–H and O–H groups in total. The van der Waals surface area contributed by atoms with Crippen LogP contribution < -0.4 is 11.5 Å². The van der Waals surface area contributed by atoms with Gasteiger partial charge in [0, 0.05) is 51.2 Å². The number of imide groups is 4. The Labute approximate surface area is 214 Å². The molecule has 2 heterocycles. The molecule has 0 saturated heterocycles. The summed E-state index contributed by atoms with van der Waals surface area (Å²) in [5.74, 6) is -1.72. The molecule has 0 atom stereocenters. The van der Waals surface area contributed by atoms with E-state index in [2.05, 4.69) is 15.2 Å². The van der Waals surface area contributed by atoms with Crippen LogP contribution in [0.25, 0.3) is 0 Å². The summed E-state index contributed by atoms with van der Waals surface area (Å²) in [7, 11) is 3.99. The van der Waals surface area contributed by atoms with Crippen molar-refractivity contribution in [1.29, 1.82) is 0 Å². The van der Waals surface area contributed by atoms with Crippen molar-refractivity contribution in [2.45, 2.75) is 25.7 Å². The highest BCUT2D eigenvalue weighted by molar-refractivity contribution is 6.21. The first-order chi connectivity index (χ1) is 17.6. The van der Waals surface area contributed by atoms with Crippen LogP contribution in [0.5, 0.6) is 0 Å². The van der Waals surface area contributed by atoms with Crippen LogP contribution in [0.2, 0.25) is 0 Å². The van der Waals surface area contributed by atoms with Gasteiger partial charge in [-0.2, -0.15) is 4.90 Å². The van der Waals surface area contributed by atoms with E-state index in [4.69, 9.17) is 20.3 Å². The summed E-state index contributed by atoms with van der Waals surface area (Å²) in [4.78, 5) is 65.3. The summed E-state index contributed by atoms with van der Waals surface area (Å²) in [6, 6.07) is 0. The molecular formula is C22H36N4O11. The van der Waals surface area contributed by atoms with E-state index < -0.39 is 24.0 Å². The third-order valence-corrected chi connectivity index (χ3v) is 4.06. The summed E-state index contributed by atoms with van der Waals surface area (Å²) in [5, 5.41) is 8.17. The van der Waals surface area contributed by atoms with Crippen LogP contribution in [0.15, 0.2) is 24.3 Å². The van der Waals surface area contributed by atoms with Gasteiger partial charge in [-0.25, -0.2) is 9.59 Å². The number of ether oxygens (including phenoxy) is 4. The van der Waals surface area contributed by atoms with Crippen molar-refractivity contribution in [2.75, 3.05) is 54.4 Å². The summed E-state index contributed by atoms with van der Waals surface area (Å²) in [6.07, 6.45) is 6.44. The van der Waals surface area contributed by atoms with Crippen LogP contribution in [0.4, 0.5) is 9.59 Å². The summed E-state index contributed by atoms with van der Waals surface area (Å²) < 4.78 is 17.7. The number of amides is 6. The molecule has 2 rings (SSSR count). The predicted molar refractivity (Wildman–Crippen MR) is 128 cm³/mol. The number of hydrogen-bond acceptors (Lipinski definition) is 12. The van der Waals surface area contributed by atoms with Crippen molar-refractivity contribution in [3.63, 3.8) is 0 Å². The van der Waals surface area contributed by atoms with Gasteiger partial charge in [-0.15, -0.1) is 0 Å². The van der Waals surface area contributed by atoms with Gasteiger partial charge >= 0.3 is 12.2 Å². The summed E-state index contributed by atoms with van der Waals surface area (Å²) in [6.45, 7) is 2.25. The van der Waals surface area contributed by atoms with E-state index in [9.17, 15) is 28.8 Å². The molecule has 0 aromatic rings. The highest BCUT2D eigenvalue weighted by atomic mass is 16.5. The fourth-order valence-electron chi connectivity index (χ4n) is 2.27. The van der Waals surface area contributed by atoms with Gasteiger partial charge in [-0.1, -0.05) is 0 Å². The largest absolute Gasteiger partial charge is 0.453 e. The topological polar surface area (TPSA) is 218 Å². The summed E-state index contributed by atoms with van der Waals surface area (Å²) in [5.41, 5.74) is 9.40. The number of hydrogen-bond donors (Lipinski definition) is 3. The number of methoxy groups -OCH3 is 3. The van der Waals surface area contributed by atoms with E-state index in [1.165, 1.54) is 24.2 Å². The van der Waals surface area contributed by atoms with Crippen molar-refractivity contribution in [1.82, 2.24) is 9.80 Å². The van der Waals surface area contributed by atoms with E-state index in [1.54, 1.807) is 7.11 Å². The lowest BCUT2D eigenvalue weighted by molar-refractivity contribution is -0.137. The molecule has 2 aliphatic heterocycles. The highest BCUT2D eigenvalue weighted by Gasteiger charge is 2.30. The molecule has 15 heteroatoms. The minimum absolute atomic E-state index is 0.181. The Morgan fingerprint density at radius 1 is 0.811 bits per heavy atom. The number of carbonyl (C=O) groups excluding carboxylic acids is 6. The quantitative estimate of drug-likeness (QED) is 0.183. The van der Waals surface area contributed by atoms with E-state index in [0.717, 1.165) is 45.1 Å². The van der Waals surface area contributed by atoms with Crippen molar-refractivity contribution < 1.29 is 52.8 Å². The van der Waals surface area contributed by atoms with Gasteiger partial charge in [0.2, 0.25) is 0 Å². The second-order valence-electron chi connectivity index (χ2n) is 6.71. The lowest BCUT2D eigenvalue weighted by Crippen LogP contribution is -2.35. The third-order valence-electron chi connectivity index (χ3n) is 4.06. The molecule has 0 aliphatic carbocycles. The molecule has 0 radical (unpaired) electrons. The van der Waals surface area contributed by atoms with Gasteiger partial charge in [-0.3, -0.25) is 24.1 Å². The molecule has 0 unspecified atom stereocenters. The Morgan fingerprint density at radius 2 is 1.32 bits per heavy atom. The second-order valence-corrected chi connectivity index (χ2v) is 6.71. The zero-order chi connectivity index (χ0) is 28.6. The Morgan fingerprint density at radius 3 is 1.73 bits per heavy atom. The zero-order valence-corrected chi connectivity index (χ0v) is 21.3. The third kappa shape index (κ3) is 17.4. The van der Waals surface area contributed by atoms with Crippen LogP contribution in [0.3, 0.4) is 0 Å². The van der Waals surface area contributed by atoms with Gasteiger partial charge in [0.1, 0.15) is 0 Å². The molecular weight excluding hydrogens is 496 g/mol. The lowest BCUT2D eigenvalue weighted by atomic mass is 10.2. The monoisotopic (exact) mass is 532 g/mol. The number of aliphatic hydroxyl groups is 1. The standard InChI is InChI=1S/C10H15NO3.C6H5NO4.C4H11NO2.C2H5NO2/c1-14-8-4-2-3-7-11-9(12)5-6-10(11)13;1-11-6(10)7-4(8)2-3-5(7)9;5-4-7-3-1-2-6;1-5-2(3)4/h5-6H,2-4,7-8H2,1H3;2-3H,1H3;6H,1-5H2;1H3,(H2,3,4). The number of nitrogens with two attached hydrogens (primary N) is 2. The van der Waals surface area contributed by atoms with E-state index >= 15 is 0 Å². The van der Waals surface area contributed by atoms with Crippen molar-refractivity contribution >= 4 is 35.8 Å². The van der Waals surface area contributed by atoms with Crippen molar-refractivity contribution in [2.24, 2.45) is 11.5 Å². The molecule has 6 amide bonds. The molecule has 0 bridgehead atoms. The Kier molecular flexibility index (Phi) is 21.9. The number of unbranched alkanes of at least 4 members (excludes halogenated alkanes) is 2. The fraction of sp³-hybridized carbons (Fsp3) is 0.545. The Bertz CT molecular complexity index is 759. The number of primary amides is 1. The Balaban J connectivity index is 0. The van der Waals surface area contributed by atoms with Gasteiger partial charge in [0.15, 0.2) is 0 Å². The first-order valence-electron chi connectivity index (χ1n) is 11.0. The molecule has 15 nitrogen and oxygen atoms in total. The Hall–Kier alpha value is -3.66. The smallest absolute Gasteiger partial charge is 0.423 e. The molecule has 0 aromatic carbocycles. The average Bonchev–Trinajstić information content (AvgIpc) is 3.39. The molecule has 0 saturated carbocycles. The van der Waals surface area contributed by atoms with Gasteiger partial charge in [-0.05, 0) is 25.7 Å². The lowest BCUT2D eigenvalue weighted by Gasteiger charge is -2.12. The average molecular weight is 533 g/mol. The second kappa shape index (κ2) is 22.8. The van der Waals surface area contributed by atoms with Crippen LogP contribution in [0, 0.1) is 0 Å². The molecule has 37 heavy (non-hydrogen) atoms. The van der Waals surface area contributed by atoms with Gasteiger partial charge < -0.3 is 35.5 Å². The fourth-order valence-corrected chi connectivity index (χ4v) is 2.27. The van der Waals surface area contributed by atoms with Gasteiger partial charge in [0.25, 0.3) is 23.6 Å². The van der Waals surface area contributed by atoms with Crippen LogP contribution in [-0.4, -0.2) is 105 Å². The number of rotatable bonds is 10. The maximum absolute atomic E-state index is 11.1. The highest BCUT2D eigenvalue weighted by Crippen LogP contribution is 2.06. The zero-order valence-electron chi connectivity index (χ0n) is 21.3. The molecule has 0 aromatic heterocycles. The minimum atomic E-state index is -0.954. The minimum Gasteiger partial charge on any atom is -0.453 e. The SMILES string of the molecule is COC(=O)N1C(=O)C=CC1=O.COC(N)=O.COCCCCCN1C(=O)C=CC1=O.NCOCCCO. The first-order valence-corrected chi connectivity index (χ1v) is 11.0. The maximum atomic E-state index is 11.1. The molecule has 0 spiro atoms. The van der Waals surface area contributed by atoms with E-state index in [0.29, 0.717) is 24.5 Å². The van der Waals surface area contributed by atoms with Crippen LogP contribution >= 0.6 is 0 Å². The first kappa shape index (κ1) is 35.5.